The maximum Gasteiger partial charge on any atom is 0.188 e. The van der Waals surface area contributed by atoms with Crippen molar-refractivity contribution in [1.82, 2.24) is 10.3 Å². The number of carbonyl (C=O) groups is 1. The molecule has 2 aliphatic heterocycles. The summed E-state index contributed by atoms with van der Waals surface area (Å²) in [7, 11) is 0. The van der Waals surface area contributed by atoms with Gasteiger partial charge in [0.25, 0.3) is 0 Å². The number of ether oxygens (including phenoxy) is 2. The smallest absolute Gasteiger partial charge is 0.188 e. The van der Waals surface area contributed by atoms with Crippen molar-refractivity contribution in [2.24, 2.45) is 0 Å². The normalized spacial score (nSPS) is 16.2. The second kappa shape index (κ2) is 8.37. The maximum atomic E-state index is 13.6. The minimum Gasteiger partial charge on any atom is -0.490 e. The highest BCUT2D eigenvalue weighted by molar-refractivity contribution is 7.13. The Morgan fingerprint density at radius 1 is 1.03 bits per heavy atom. The van der Waals surface area contributed by atoms with Gasteiger partial charge < -0.3 is 14.8 Å². The van der Waals surface area contributed by atoms with E-state index in [1.54, 1.807) is 17.4 Å². The predicted molar refractivity (Wildman–Crippen MR) is 131 cm³/mol. The van der Waals surface area contributed by atoms with E-state index in [-0.39, 0.29) is 5.78 Å². The predicted octanol–water partition coefficient (Wildman–Crippen LogP) is 5.49. The molecule has 164 valence electrons. The van der Waals surface area contributed by atoms with E-state index in [1.807, 2.05) is 53.9 Å². The molecule has 6 heteroatoms. The highest BCUT2D eigenvalue weighted by Crippen LogP contribution is 2.37. The van der Waals surface area contributed by atoms with Crippen molar-refractivity contribution in [2.75, 3.05) is 19.8 Å². The molecule has 0 saturated carbocycles. The highest BCUT2D eigenvalue weighted by atomic mass is 32.1. The van der Waals surface area contributed by atoms with Crippen LogP contribution in [0.15, 0.2) is 66.1 Å². The quantitative estimate of drug-likeness (QED) is 0.327. The first-order valence-corrected chi connectivity index (χ1v) is 12.0. The fourth-order valence-electron chi connectivity index (χ4n) is 4.40. The SMILES string of the molecule is O=C(/C=C1\NCCc2cc3c(cc21)OCCCO3)c1cc(-c2cccs2)nc2ccccc12. The third kappa shape index (κ3) is 3.76. The number of fused-ring (bicyclic) bond motifs is 3. The zero-order chi connectivity index (χ0) is 22.2. The van der Waals surface area contributed by atoms with Gasteiger partial charge in [0.1, 0.15) is 0 Å². The zero-order valence-electron chi connectivity index (χ0n) is 18.0. The fraction of sp³-hybridized carbons (Fsp3) is 0.185. The number of allylic oxidation sites excluding steroid dienone is 1. The Morgan fingerprint density at radius 2 is 1.88 bits per heavy atom. The molecule has 0 spiro atoms. The van der Waals surface area contributed by atoms with E-state index in [1.165, 1.54) is 0 Å². The molecule has 33 heavy (non-hydrogen) atoms. The van der Waals surface area contributed by atoms with Gasteiger partial charge in [-0.05, 0) is 47.7 Å². The Hall–Kier alpha value is -3.64. The summed E-state index contributed by atoms with van der Waals surface area (Å²) in [5.41, 5.74) is 5.26. The molecule has 0 amide bonds. The van der Waals surface area contributed by atoms with Crippen molar-refractivity contribution >= 4 is 33.7 Å². The van der Waals surface area contributed by atoms with Gasteiger partial charge in [-0.3, -0.25) is 4.79 Å². The summed E-state index contributed by atoms with van der Waals surface area (Å²) in [6, 6.07) is 17.8. The van der Waals surface area contributed by atoms with Gasteiger partial charge in [0.2, 0.25) is 0 Å². The molecule has 0 radical (unpaired) electrons. The van der Waals surface area contributed by atoms with E-state index in [4.69, 9.17) is 14.5 Å². The van der Waals surface area contributed by atoms with Gasteiger partial charge in [-0.15, -0.1) is 11.3 Å². The number of carbonyl (C=O) groups excluding carboxylic acids is 1. The highest BCUT2D eigenvalue weighted by Gasteiger charge is 2.21. The van der Waals surface area contributed by atoms with Crippen molar-refractivity contribution in [3.8, 4) is 22.1 Å². The third-order valence-electron chi connectivity index (χ3n) is 6.00. The van der Waals surface area contributed by atoms with Gasteiger partial charge in [0, 0.05) is 41.3 Å². The molecule has 2 aliphatic rings. The van der Waals surface area contributed by atoms with Crippen LogP contribution < -0.4 is 14.8 Å². The molecule has 4 heterocycles. The molecular weight excluding hydrogens is 432 g/mol. The Morgan fingerprint density at radius 3 is 2.73 bits per heavy atom. The molecular formula is C27H22N2O3S. The molecule has 0 atom stereocenters. The summed E-state index contributed by atoms with van der Waals surface area (Å²) in [5.74, 6) is 1.48. The van der Waals surface area contributed by atoms with Gasteiger partial charge in [-0.1, -0.05) is 24.3 Å². The molecule has 1 N–H and O–H groups in total. The van der Waals surface area contributed by atoms with Crippen molar-refractivity contribution < 1.29 is 14.3 Å². The topological polar surface area (TPSA) is 60.5 Å². The van der Waals surface area contributed by atoms with E-state index >= 15 is 0 Å². The number of pyridine rings is 1. The lowest BCUT2D eigenvalue weighted by Crippen LogP contribution is -2.23. The molecule has 0 unspecified atom stereocenters. The number of ketones is 1. The van der Waals surface area contributed by atoms with Crippen LogP contribution in [0.3, 0.4) is 0 Å². The number of nitrogens with one attached hydrogen (secondary N) is 1. The minimum atomic E-state index is -0.0473. The monoisotopic (exact) mass is 454 g/mol. The zero-order valence-corrected chi connectivity index (χ0v) is 18.8. The molecule has 0 fully saturated rings. The number of aromatic nitrogens is 1. The average molecular weight is 455 g/mol. The van der Waals surface area contributed by atoms with Crippen molar-refractivity contribution in [3.05, 3.63) is 82.7 Å². The van der Waals surface area contributed by atoms with Crippen LogP contribution in [-0.4, -0.2) is 30.5 Å². The summed E-state index contributed by atoms with van der Waals surface area (Å²) < 4.78 is 11.8. The molecule has 2 aromatic carbocycles. The number of rotatable bonds is 3. The van der Waals surface area contributed by atoms with Crippen LogP contribution in [0.4, 0.5) is 0 Å². The van der Waals surface area contributed by atoms with Gasteiger partial charge in [0.15, 0.2) is 17.3 Å². The minimum absolute atomic E-state index is 0.0473. The molecule has 0 aliphatic carbocycles. The van der Waals surface area contributed by atoms with Crippen LogP contribution in [-0.2, 0) is 6.42 Å². The summed E-state index contributed by atoms with van der Waals surface area (Å²) in [6.45, 7) is 2.06. The Bertz CT molecular complexity index is 1390. The van der Waals surface area contributed by atoms with Crippen LogP contribution in [0.5, 0.6) is 11.5 Å². The third-order valence-corrected chi connectivity index (χ3v) is 6.90. The van der Waals surface area contributed by atoms with Gasteiger partial charge in [-0.2, -0.15) is 0 Å². The molecule has 6 rings (SSSR count). The Kier molecular flexibility index (Phi) is 5.07. The van der Waals surface area contributed by atoms with Crippen LogP contribution >= 0.6 is 11.3 Å². The lowest BCUT2D eigenvalue weighted by atomic mass is 9.95. The molecule has 0 saturated heterocycles. The fourth-order valence-corrected chi connectivity index (χ4v) is 5.09. The molecule has 5 nitrogen and oxygen atoms in total. The van der Waals surface area contributed by atoms with Crippen LogP contribution in [0, 0.1) is 0 Å². The number of hydrogen-bond acceptors (Lipinski definition) is 6. The van der Waals surface area contributed by atoms with E-state index in [0.29, 0.717) is 18.8 Å². The Balaban J connectivity index is 1.44. The number of nitrogens with zero attached hydrogens (tertiary/aromatic N) is 1. The second-order valence-electron chi connectivity index (χ2n) is 8.16. The van der Waals surface area contributed by atoms with Crippen molar-refractivity contribution in [3.63, 3.8) is 0 Å². The standard InChI is InChI=1S/C27H22N2O3S/c30-24(20-14-23(27-7-3-12-33-27)29-21-6-2-1-5-18(20)21)16-22-19-15-26-25(31-10-4-11-32-26)13-17(19)8-9-28-22/h1-3,5-7,12-16,28H,4,8-11H2/b22-16-. The van der Waals surface area contributed by atoms with E-state index in [2.05, 4.69) is 11.4 Å². The van der Waals surface area contributed by atoms with Crippen LogP contribution in [0.25, 0.3) is 27.2 Å². The van der Waals surface area contributed by atoms with E-state index in [9.17, 15) is 4.79 Å². The van der Waals surface area contributed by atoms with Crippen LogP contribution in [0.1, 0.15) is 27.9 Å². The molecule has 2 aromatic heterocycles. The van der Waals surface area contributed by atoms with Crippen molar-refractivity contribution in [2.45, 2.75) is 12.8 Å². The van der Waals surface area contributed by atoms with Gasteiger partial charge >= 0.3 is 0 Å². The lowest BCUT2D eigenvalue weighted by Gasteiger charge is -2.23. The Labute approximate surface area is 195 Å². The maximum absolute atomic E-state index is 13.6. The number of thiophene rings is 1. The first-order valence-electron chi connectivity index (χ1n) is 11.1. The number of hydrogen-bond donors (Lipinski definition) is 1. The molecule has 4 aromatic rings. The summed E-state index contributed by atoms with van der Waals surface area (Å²) >= 11 is 1.62. The lowest BCUT2D eigenvalue weighted by molar-refractivity contribution is 0.104. The summed E-state index contributed by atoms with van der Waals surface area (Å²) in [4.78, 5) is 19.4. The van der Waals surface area contributed by atoms with E-state index in [0.717, 1.165) is 69.2 Å². The summed E-state index contributed by atoms with van der Waals surface area (Å²) in [5, 5.41) is 6.30. The average Bonchev–Trinajstić information content (AvgIpc) is 3.29. The van der Waals surface area contributed by atoms with Crippen molar-refractivity contribution in [1.29, 1.82) is 0 Å². The van der Waals surface area contributed by atoms with Gasteiger partial charge in [-0.25, -0.2) is 4.98 Å². The van der Waals surface area contributed by atoms with Gasteiger partial charge in [0.05, 0.1) is 29.3 Å². The molecule has 0 bridgehead atoms. The summed E-state index contributed by atoms with van der Waals surface area (Å²) in [6.07, 6.45) is 3.45. The van der Waals surface area contributed by atoms with E-state index < -0.39 is 0 Å². The largest absolute Gasteiger partial charge is 0.490 e. The van der Waals surface area contributed by atoms with Crippen LogP contribution in [0.2, 0.25) is 0 Å². The first kappa shape index (κ1) is 20.0. The number of benzene rings is 2. The first-order chi connectivity index (χ1) is 16.3. The number of para-hydroxylation sites is 1. The second-order valence-corrected chi connectivity index (χ2v) is 9.10.